The molecular weight excluding hydrogens is 224 g/mol. The van der Waals surface area contributed by atoms with Crippen LogP contribution < -0.4 is 5.14 Å². The monoisotopic (exact) mass is 244 g/mol. The molecule has 0 aliphatic carbocycles. The van der Waals surface area contributed by atoms with Crippen LogP contribution in [-0.4, -0.2) is 29.2 Å². The standard InChI is InChI=1S/C11H20N2O2S/c1-11(2,3)15-10(14)13-7-4-5-9(13)6-8-16-12/h6,8-9H,4-5,7,12H2,1-3H3/b8-6+. The van der Waals surface area contributed by atoms with Crippen molar-refractivity contribution in [1.82, 2.24) is 4.90 Å². The summed E-state index contributed by atoms with van der Waals surface area (Å²) in [6.45, 7) is 6.39. The molecule has 0 aromatic carbocycles. The van der Waals surface area contributed by atoms with Gasteiger partial charge in [-0.15, -0.1) is 0 Å². The molecule has 0 aromatic rings. The van der Waals surface area contributed by atoms with Gasteiger partial charge in [0.25, 0.3) is 0 Å². The van der Waals surface area contributed by atoms with Crippen molar-refractivity contribution in [3.8, 4) is 0 Å². The molecule has 1 saturated heterocycles. The van der Waals surface area contributed by atoms with Gasteiger partial charge in [0.2, 0.25) is 0 Å². The van der Waals surface area contributed by atoms with Crippen LogP contribution in [0.2, 0.25) is 0 Å². The highest BCUT2D eigenvalue weighted by Crippen LogP contribution is 2.21. The molecule has 1 unspecified atom stereocenters. The van der Waals surface area contributed by atoms with Crippen LogP contribution in [0.1, 0.15) is 33.6 Å². The molecule has 5 heteroatoms. The van der Waals surface area contributed by atoms with Crippen molar-refractivity contribution in [2.45, 2.75) is 45.3 Å². The minimum absolute atomic E-state index is 0.130. The van der Waals surface area contributed by atoms with Crippen LogP contribution in [0.25, 0.3) is 0 Å². The minimum Gasteiger partial charge on any atom is -0.444 e. The predicted octanol–water partition coefficient (Wildman–Crippen LogP) is 2.51. The zero-order chi connectivity index (χ0) is 12.2. The number of hydrogen-bond donors (Lipinski definition) is 1. The van der Waals surface area contributed by atoms with Crippen molar-refractivity contribution in [1.29, 1.82) is 0 Å². The fourth-order valence-electron chi connectivity index (χ4n) is 1.68. The van der Waals surface area contributed by atoms with Gasteiger partial charge in [-0.1, -0.05) is 18.0 Å². The smallest absolute Gasteiger partial charge is 0.410 e. The fourth-order valence-corrected chi connectivity index (χ4v) is 1.95. The average molecular weight is 244 g/mol. The average Bonchev–Trinajstić information content (AvgIpc) is 2.59. The first-order valence-corrected chi connectivity index (χ1v) is 6.40. The molecule has 1 heterocycles. The highest BCUT2D eigenvalue weighted by atomic mass is 32.2. The molecule has 4 nitrogen and oxygen atoms in total. The van der Waals surface area contributed by atoms with Gasteiger partial charge in [0.05, 0.1) is 6.04 Å². The number of ether oxygens (including phenoxy) is 1. The number of nitrogens with two attached hydrogens (primary N) is 1. The number of amides is 1. The summed E-state index contributed by atoms with van der Waals surface area (Å²) >= 11 is 1.16. The number of likely N-dealkylation sites (tertiary alicyclic amines) is 1. The van der Waals surface area contributed by atoms with E-state index in [2.05, 4.69) is 0 Å². The van der Waals surface area contributed by atoms with Crippen molar-refractivity contribution >= 4 is 18.0 Å². The predicted molar refractivity (Wildman–Crippen MR) is 66.9 cm³/mol. The lowest BCUT2D eigenvalue weighted by Gasteiger charge is -2.27. The quantitative estimate of drug-likeness (QED) is 0.758. The Morgan fingerprint density at radius 3 is 2.81 bits per heavy atom. The highest BCUT2D eigenvalue weighted by molar-refractivity contribution is 7.99. The molecular formula is C11H20N2O2S. The third-order valence-electron chi connectivity index (χ3n) is 2.31. The first-order valence-electron chi connectivity index (χ1n) is 5.46. The topological polar surface area (TPSA) is 55.6 Å². The fraction of sp³-hybridized carbons (Fsp3) is 0.727. The first-order chi connectivity index (χ1) is 7.44. The van der Waals surface area contributed by atoms with E-state index in [-0.39, 0.29) is 12.1 Å². The van der Waals surface area contributed by atoms with E-state index in [1.54, 1.807) is 4.90 Å². The van der Waals surface area contributed by atoms with E-state index in [9.17, 15) is 4.79 Å². The molecule has 1 fully saturated rings. The Hall–Kier alpha value is -0.680. The zero-order valence-electron chi connectivity index (χ0n) is 10.1. The molecule has 92 valence electrons. The highest BCUT2D eigenvalue weighted by Gasteiger charge is 2.30. The van der Waals surface area contributed by atoms with Crippen molar-refractivity contribution in [3.63, 3.8) is 0 Å². The molecule has 1 aliphatic rings. The Balaban J connectivity index is 2.57. The van der Waals surface area contributed by atoms with Gasteiger partial charge in [-0.25, -0.2) is 4.79 Å². The van der Waals surface area contributed by atoms with Crippen LogP contribution in [0.15, 0.2) is 11.5 Å². The Morgan fingerprint density at radius 1 is 1.56 bits per heavy atom. The van der Waals surface area contributed by atoms with Crippen molar-refractivity contribution in [2.75, 3.05) is 6.54 Å². The van der Waals surface area contributed by atoms with E-state index in [0.717, 1.165) is 31.3 Å². The summed E-state index contributed by atoms with van der Waals surface area (Å²) in [5.74, 6) is 0. The second-order valence-electron chi connectivity index (χ2n) is 4.85. The first kappa shape index (κ1) is 13.4. The molecule has 0 saturated carbocycles. The molecule has 0 radical (unpaired) electrons. The summed E-state index contributed by atoms with van der Waals surface area (Å²) in [4.78, 5) is 13.6. The molecule has 1 aliphatic heterocycles. The van der Waals surface area contributed by atoms with Gasteiger partial charge in [-0.05, 0) is 39.0 Å². The Morgan fingerprint density at radius 2 is 2.25 bits per heavy atom. The van der Waals surface area contributed by atoms with Crippen LogP contribution in [0.5, 0.6) is 0 Å². The minimum atomic E-state index is -0.434. The Kier molecular flexibility index (Phi) is 4.68. The summed E-state index contributed by atoms with van der Waals surface area (Å²) in [7, 11) is 0. The van der Waals surface area contributed by atoms with E-state index >= 15 is 0 Å². The molecule has 0 bridgehead atoms. The molecule has 1 atom stereocenters. The maximum absolute atomic E-state index is 11.9. The van der Waals surface area contributed by atoms with E-state index < -0.39 is 5.60 Å². The van der Waals surface area contributed by atoms with Crippen LogP contribution in [0.3, 0.4) is 0 Å². The molecule has 1 amide bonds. The van der Waals surface area contributed by atoms with Crippen LogP contribution in [0, 0.1) is 0 Å². The lowest BCUT2D eigenvalue weighted by atomic mass is 10.2. The second-order valence-corrected chi connectivity index (χ2v) is 5.39. The van der Waals surface area contributed by atoms with Gasteiger partial charge < -0.3 is 9.64 Å². The van der Waals surface area contributed by atoms with Crippen LogP contribution >= 0.6 is 11.9 Å². The van der Waals surface area contributed by atoms with E-state index in [1.165, 1.54) is 0 Å². The SMILES string of the molecule is CC(C)(C)OC(=O)N1CCCC1/C=C/SN. The Bertz CT molecular complexity index is 274. The van der Waals surface area contributed by atoms with E-state index in [0.29, 0.717) is 0 Å². The maximum Gasteiger partial charge on any atom is 0.410 e. The van der Waals surface area contributed by atoms with E-state index in [1.807, 2.05) is 32.3 Å². The molecule has 2 N–H and O–H groups in total. The van der Waals surface area contributed by atoms with Gasteiger partial charge in [0.1, 0.15) is 5.60 Å². The summed E-state index contributed by atoms with van der Waals surface area (Å²) in [5.41, 5.74) is -0.434. The van der Waals surface area contributed by atoms with Gasteiger partial charge in [-0.3, -0.25) is 5.14 Å². The van der Waals surface area contributed by atoms with E-state index in [4.69, 9.17) is 9.88 Å². The lowest BCUT2D eigenvalue weighted by molar-refractivity contribution is 0.0256. The van der Waals surface area contributed by atoms with Gasteiger partial charge >= 0.3 is 6.09 Å². The van der Waals surface area contributed by atoms with Gasteiger partial charge in [0.15, 0.2) is 0 Å². The molecule has 0 aromatic heterocycles. The van der Waals surface area contributed by atoms with Crippen LogP contribution in [0.4, 0.5) is 4.79 Å². The van der Waals surface area contributed by atoms with Crippen molar-refractivity contribution in [3.05, 3.63) is 11.5 Å². The number of carbonyl (C=O) groups is 1. The van der Waals surface area contributed by atoms with Crippen molar-refractivity contribution < 1.29 is 9.53 Å². The molecule has 16 heavy (non-hydrogen) atoms. The summed E-state index contributed by atoms with van der Waals surface area (Å²) in [5, 5.41) is 7.14. The zero-order valence-corrected chi connectivity index (χ0v) is 10.9. The van der Waals surface area contributed by atoms with Gasteiger partial charge in [0, 0.05) is 6.54 Å². The number of carbonyl (C=O) groups excluding carboxylic acids is 1. The summed E-state index contributed by atoms with van der Waals surface area (Å²) in [6.07, 6.45) is 3.73. The number of hydrogen-bond acceptors (Lipinski definition) is 4. The summed E-state index contributed by atoms with van der Waals surface area (Å²) in [6, 6.07) is 0.130. The third-order valence-corrected chi connectivity index (χ3v) is 2.62. The largest absolute Gasteiger partial charge is 0.444 e. The third kappa shape index (κ3) is 4.06. The summed E-state index contributed by atoms with van der Waals surface area (Å²) < 4.78 is 5.35. The van der Waals surface area contributed by atoms with Gasteiger partial charge in [-0.2, -0.15) is 0 Å². The lowest BCUT2D eigenvalue weighted by Crippen LogP contribution is -2.39. The second kappa shape index (κ2) is 5.59. The Labute approximate surface area is 101 Å². The number of nitrogens with zero attached hydrogens (tertiary/aromatic N) is 1. The van der Waals surface area contributed by atoms with Crippen molar-refractivity contribution in [2.24, 2.45) is 5.14 Å². The number of rotatable bonds is 2. The maximum atomic E-state index is 11.9. The molecule has 1 rings (SSSR count). The van der Waals surface area contributed by atoms with Crippen LogP contribution in [-0.2, 0) is 4.74 Å². The normalized spacial score (nSPS) is 21.8. The molecule has 0 spiro atoms.